The van der Waals surface area contributed by atoms with Gasteiger partial charge in [0.15, 0.2) is 0 Å². The lowest BCUT2D eigenvalue weighted by molar-refractivity contribution is -0.184. The van der Waals surface area contributed by atoms with Crippen molar-refractivity contribution in [2.24, 2.45) is 17.1 Å². The molecule has 0 saturated heterocycles. The van der Waals surface area contributed by atoms with Gasteiger partial charge in [0.1, 0.15) is 5.75 Å². The third kappa shape index (κ3) is 1.79. The van der Waals surface area contributed by atoms with Crippen LogP contribution in [0.25, 0.3) is 0 Å². The molecule has 0 aromatic heterocycles. The van der Waals surface area contributed by atoms with E-state index < -0.39 is 11.3 Å². The molecular formula is C14H17F2NO. The van der Waals surface area contributed by atoms with Gasteiger partial charge in [0, 0.05) is 24.2 Å². The largest absolute Gasteiger partial charge is 0.493 e. The van der Waals surface area contributed by atoms with Gasteiger partial charge in [-0.25, -0.2) is 8.78 Å². The first-order valence-electron chi connectivity index (χ1n) is 6.33. The molecule has 1 unspecified atom stereocenters. The Morgan fingerprint density at radius 1 is 1.28 bits per heavy atom. The molecule has 0 bridgehead atoms. The van der Waals surface area contributed by atoms with Crippen LogP contribution in [0.2, 0.25) is 0 Å². The zero-order chi connectivity index (χ0) is 12.8. The van der Waals surface area contributed by atoms with Crippen LogP contribution < -0.4 is 10.5 Å². The molecule has 0 amide bonds. The summed E-state index contributed by atoms with van der Waals surface area (Å²) < 4.78 is 32.0. The highest BCUT2D eigenvalue weighted by Crippen LogP contribution is 2.57. The molecule has 1 fully saturated rings. The van der Waals surface area contributed by atoms with E-state index in [9.17, 15) is 8.78 Å². The van der Waals surface area contributed by atoms with Crippen LogP contribution in [0.3, 0.4) is 0 Å². The van der Waals surface area contributed by atoms with Crippen molar-refractivity contribution in [3.8, 4) is 5.75 Å². The highest BCUT2D eigenvalue weighted by molar-refractivity contribution is 5.35. The molecular weight excluding hydrogens is 236 g/mol. The average Bonchev–Trinajstić information content (AvgIpc) is 2.34. The highest BCUT2D eigenvalue weighted by atomic mass is 19.3. The molecule has 98 valence electrons. The van der Waals surface area contributed by atoms with Crippen LogP contribution in [-0.2, 0) is 6.42 Å². The summed E-state index contributed by atoms with van der Waals surface area (Å²) >= 11 is 0. The van der Waals surface area contributed by atoms with Crippen LogP contribution >= 0.6 is 0 Å². The molecule has 0 radical (unpaired) electrons. The Morgan fingerprint density at radius 3 is 2.67 bits per heavy atom. The van der Waals surface area contributed by atoms with Crippen molar-refractivity contribution in [1.82, 2.24) is 0 Å². The summed E-state index contributed by atoms with van der Waals surface area (Å²) in [6, 6.07) is 7.81. The number of alkyl halides is 2. The van der Waals surface area contributed by atoms with Gasteiger partial charge in [-0.3, -0.25) is 0 Å². The number of hydrogen-bond acceptors (Lipinski definition) is 2. The normalized spacial score (nSPS) is 27.8. The summed E-state index contributed by atoms with van der Waals surface area (Å²) in [5.74, 6) is -1.54. The minimum absolute atomic E-state index is 0.0906. The van der Waals surface area contributed by atoms with Crippen LogP contribution in [0.4, 0.5) is 8.78 Å². The van der Waals surface area contributed by atoms with E-state index in [0.29, 0.717) is 13.2 Å². The first-order chi connectivity index (χ1) is 8.55. The average molecular weight is 253 g/mol. The lowest BCUT2D eigenvalue weighted by Gasteiger charge is -2.52. The monoisotopic (exact) mass is 253 g/mol. The first kappa shape index (κ1) is 11.9. The van der Waals surface area contributed by atoms with Gasteiger partial charge in [-0.15, -0.1) is 0 Å². The van der Waals surface area contributed by atoms with Crippen LogP contribution in [0, 0.1) is 11.3 Å². The van der Waals surface area contributed by atoms with Gasteiger partial charge in [0.05, 0.1) is 6.61 Å². The number of para-hydroxylation sites is 1. The predicted octanol–water partition coefficient (Wildman–Crippen LogP) is 2.61. The van der Waals surface area contributed by atoms with Crippen molar-refractivity contribution in [2.45, 2.75) is 25.2 Å². The second kappa shape index (κ2) is 3.92. The molecule has 1 aromatic rings. The third-order valence-electron chi connectivity index (χ3n) is 4.37. The molecule has 0 spiro atoms. The molecule has 2 N–H and O–H groups in total. The number of nitrogens with two attached hydrogens (primary N) is 1. The van der Waals surface area contributed by atoms with Gasteiger partial charge in [0.2, 0.25) is 5.92 Å². The zero-order valence-electron chi connectivity index (χ0n) is 10.2. The van der Waals surface area contributed by atoms with E-state index in [0.717, 1.165) is 17.7 Å². The minimum atomic E-state index is -2.53. The molecule has 1 aliphatic carbocycles. The highest BCUT2D eigenvalue weighted by Gasteiger charge is 2.59. The van der Waals surface area contributed by atoms with E-state index in [1.165, 1.54) is 0 Å². The molecule has 1 aromatic carbocycles. The van der Waals surface area contributed by atoms with Crippen LogP contribution in [0.15, 0.2) is 24.3 Å². The van der Waals surface area contributed by atoms with Gasteiger partial charge in [-0.05, 0) is 24.6 Å². The lowest BCUT2D eigenvalue weighted by atomic mass is 9.57. The SMILES string of the molecule is NCC1(C2COc3ccccc3C2)CC(F)(F)C1. The smallest absolute Gasteiger partial charge is 0.249 e. The van der Waals surface area contributed by atoms with E-state index in [2.05, 4.69) is 0 Å². The maximum absolute atomic E-state index is 13.2. The molecule has 2 nitrogen and oxygen atoms in total. The van der Waals surface area contributed by atoms with E-state index in [1.54, 1.807) is 0 Å². The Labute approximate surface area is 105 Å². The second-order valence-electron chi connectivity index (χ2n) is 5.60. The Balaban J connectivity index is 1.80. The summed E-state index contributed by atoms with van der Waals surface area (Å²) in [6.45, 7) is 0.822. The molecule has 2 aliphatic rings. The number of halogens is 2. The van der Waals surface area contributed by atoms with Crippen molar-refractivity contribution in [3.63, 3.8) is 0 Å². The van der Waals surface area contributed by atoms with Gasteiger partial charge >= 0.3 is 0 Å². The van der Waals surface area contributed by atoms with Gasteiger partial charge in [-0.1, -0.05) is 18.2 Å². The maximum atomic E-state index is 13.2. The molecule has 1 heterocycles. The maximum Gasteiger partial charge on any atom is 0.249 e. The molecule has 3 rings (SSSR count). The minimum Gasteiger partial charge on any atom is -0.493 e. The fraction of sp³-hybridized carbons (Fsp3) is 0.571. The number of fused-ring (bicyclic) bond motifs is 1. The Morgan fingerprint density at radius 2 is 2.00 bits per heavy atom. The topological polar surface area (TPSA) is 35.2 Å². The number of ether oxygens (including phenoxy) is 1. The molecule has 1 atom stereocenters. The molecule has 4 heteroatoms. The van der Waals surface area contributed by atoms with Gasteiger partial charge < -0.3 is 10.5 Å². The van der Waals surface area contributed by atoms with Crippen molar-refractivity contribution < 1.29 is 13.5 Å². The summed E-state index contributed by atoms with van der Waals surface area (Å²) in [7, 11) is 0. The lowest BCUT2D eigenvalue weighted by Crippen LogP contribution is -2.57. The Kier molecular flexibility index (Phi) is 2.59. The summed E-state index contributed by atoms with van der Waals surface area (Å²) in [5.41, 5.74) is 6.43. The number of hydrogen-bond donors (Lipinski definition) is 1. The van der Waals surface area contributed by atoms with Crippen molar-refractivity contribution >= 4 is 0 Å². The van der Waals surface area contributed by atoms with E-state index in [4.69, 9.17) is 10.5 Å². The van der Waals surface area contributed by atoms with E-state index in [1.807, 2.05) is 24.3 Å². The molecule has 1 aliphatic heterocycles. The van der Waals surface area contributed by atoms with Gasteiger partial charge in [-0.2, -0.15) is 0 Å². The zero-order valence-corrected chi connectivity index (χ0v) is 10.2. The predicted molar refractivity (Wildman–Crippen MR) is 64.8 cm³/mol. The molecule has 18 heavy (non-hydrogen) atoms. The standard InChI is InChI=1S/C14H17F2NO/c15-14(16)7-13(8-14,9-17)11-5-10-3-1-2-4-12(10)18-6-11/h1-4,11H,5-9,17H2. The summed E-state index contributed by atoms with van der Waals surface area (Å²) in [4.78, 5) is 0. The summed E-state index contributed by atoms with van der Waals surface area (Å²) in [5, 5.41) is 0. The van der Waals surface area contributed by atoms with Crippen LogP contribution in [0.1, 0.15) is 18.4 Å². The second-order valence-corrected chi connectivity index (χ2v) is 5.60. The fourth-order valence-corrected chi connectivity index (χ4v) is 3.30. The Bertz CT molecular complexity index is 453. The fourth-order valence-electron chi connectivity index (χ4n) is 3.30. The number of rotatable bonds is 2. The molecule has 1 saturated carbocycles. The van der Waals surface area contributed by atoms with Crippen molar-refractivity contribution in [2.75, 3.05) is 13.2 Å². The quantitative estimate of drug-likeness (QED) is 0.879. The van der Waals surface area contributed by atoms with Crippen molar-refractivity contribution in [3.05, 3.63) is 29.8 Å². The first-order valence-corrected chi connectivity index (χ1v) is 6.33. The third-order valence-corrected chi connectivity index (χ3v) is 4.37. The Hall–Kier alpha value is -1.16. The number of benzene rings is 1. The van der Waals surface area contributed by atoms with Gasteiger partial charge in [0.25, 0.3) is 0 Å². The van der Waals surface area contributed by atoms with E-state index in [-0.39, 0.29) is 18.8 Å². The summed E-state index contributed by atoms with van der Waals surface area (Å²) in [6.07, 6.45) is 0.614. The van der Waals surface area contributed by atoms with E-state index >= 15 is 0 Å². The van der Waals surface area contributed by atoms with Crippen molar-refractivity contribution in [1.29, 1.82) is 0 Å². The van der Waals surface area contributed by atoms with Crippen LogP contribution in [-0.4, -0.2) is 19.1 Å². The van der Waals surface area contributed by atoms with Crippen LogP contribution in [0.5, 0.6) is 5.75 Å².